The molecule has 2 aromatic rings. The smallest absolute Gasteiger partial charge is 0.426 e. The molecule has 6 nitrogen and oxygen atoms in total. The van der Waals surface area contributed by atoms with Crippen molar-refractivity contribution in [1.82, 2.24) is 10.2 Å². The van der Waals surface area contributed by atoms with Crippen LogP contribution in [0.25, 0.3) is 10.8 Å². The normalized spacial score (nSPS) is 18.0. The van der Waals surface area contributed by atoms with Crippen LogP contribution in [0.5, 0.6) is 0 Å². The van der Waals surface area contributed by atoms with Crippen LogP contribution in [0, 0.1) is 6.92 Å². The average Bonchev–Trinajstić information content (AvgIpc) is 3.10. The summed E-state index contributed by atoms with van der Waals surface area (Å²) in [4.78, 5) is 26.8. The Morgan fingerprint density at radius 1 is 1.27 bits per heavy atom. The van der Waals surface area contributed by atoms with Crippen LogP contribution in [0.1, 0.15) is 35.7 Å². The van der Waals surface area contributed by atoms with Crippen molar-refractivity contribution in [2.24, 2.45) is 0 Å². The molecule has 2 aromatic carbocycles. The van der Waals surface area contributed by atoms with Crippen LogP contribution < -0.4 is 5.32 Å². The van der Waals surface area contributed by atoms with Crippen molar-refractivity contribution < 1.29 is 19.6 Å². The van der Waals surface area contributed by atoms with E-state index in [0.29, 0.717) is 18.5 Å². The molecule has 1 aliphatic rings. The molecule has 136 valence electrons. The average molecular weight is 354 g/mol. The minimum atomic E-state index is -1.56. The van der Waals surface area contributed by atoms with Crippen LogP contribution in [0.4, 0.5) is 0 Å². The lowest BCUT2D eigenvalue weighted by Gasteiger charge is -2.27. The fraction of sp³-hybridized carbons (Fsp3) is 0.368. The largest absolute Gasteiger partial charge is 0.475 e. The van der Waals surface area contributed by atoms with Gasteiger partial charge in [0.15, 0.2) is 0 Å². The zero-order valence-electron chi connectivity index (χ0n) is 15.0. The fourth-order valence-corrected chi connectivity index (χ4v) is 3.55. The topological polar surface area (TPSA) is 89.9 Å². The van der Waals surface area contributed by atoms with Crippen molar-refractivity contribution in [3.63, 3.8) is 0 Å². The predicted molar refractivity (Wildman–Crippen MR) is 101 cm³/mol. The van der Waals surface area contributed by atoms with Gasteiger partial charge in [0.1, 0.15) is 6.04 Å². The van der Waals surface area contributed by atoms with E-state index >= 15 is 0 Å². The van der Waals surface area contributed by atoms with Crippen molar-refractivity contribution in [3.05, 3.63) is 47.5 Å². The number of benzene rings is 2. The highest BCUT2D eigenvalue weighted by molar-refractivity contribution is 6.43. The van der Waals surface area contributed by atoms with E-state index in [1.807, 2.05) is 37.3 Å². The highest BCUT2D eigenvalue weighted by atomic mass is 16.4. The Labute approximate surface area is 153 Å². The maximum Gasteiger partial charge on any atom is 0.475 e. The van der Waals surface area contributed by atoms with Crippen molar-refractivity contribution >= 4 is 29.7 Å². The Morgan fingerprint density at radius 3 is 2.77 bits per heavy atom. The monoisotopic (exact) mass is 354 g/mol. The van der Waals surface area contributed by atoms with Gasteiger partial charge >= 0.3 is 7.12 Å². The Bertz CT molecular complexity index is 839. The first-order valence-electron chi connectivity index (χ1n) is 8.85. The number of hydrogen-bond donors (Lipinski definition) is 3. The summed E-state index contributed by atoms with van der Waals surface area (Å²) < 4.78 is 0. The standard InChI is InChI=1S/C19H23BN2O4/c1-12-8-9-14-5-3-6-15(16(14)11-12)18(23)21-13(2)19(24)22-10-4-7-17(22)20(25)26/h3,5-6,8-9,11,13,17,25-26H,4,7,10H2,1-2H3,(H,21,23). The van der Waals surface area contributed by atoms with Gasteiger partial charge in [-0.15, -0.1) is 0 Å². The molecule has 1 saturated heterocycles. The molecule has 2 unspecified atom stereocenters. The Morgan fingerprint density at radius 2 is 2.04 bits per heavy atom. The fourth-order valence-electron chi connectivity index (χ4n) is 3.55. The molecule has 1 aliphatic heterocycles. The molecule has 0 aliphatic carbocycles. The van der Waals surface area contributed by atoms with Crippen molar-refractivity contribution in [1.29, 1.82) is 0 Å². The highest BCUT2D eigenvalue weighted by Crippen LogP contribution is 2.21. The molecular formula is C19H23BN2O4. The first kappa shape index (κ1) is 18.4. The van der Waals surface area contributed by atoms with E-state index in [-0.39, 0.29) is 11.8 Å². The molecule has 0 bridgehead atoms. The molecule has 0 saturated carbocycles. The van der Waals surface area contributed by atoms with Gasteiger partial charge in [0.2, 0.25) is 5.91 Å². The molecular weight excluding hydrogens is 331 g/mol. The first-order chi connectivity index (χ1) is 12.4. The molecule has 26 heavy (non-hydrogen) atoms. The van der Waals surface area contributed by atoms with E-state index < -0.39 is 19.1 Å². The molecule has 0 spiro atoms. The minimum absolute atomic E-state index is 0.301. The molecule has 0 radical (unpaired) electrons. The van der Waals surface area contributed by atoms with Gasteiger partial charge in [-0.3, -0.25) is 9.59 Å². The molecule has 0 aromatic heterocycles. The number of hydrogen-bond acceptors (Lipinski definition) is 4. The van der Waals surface area contributed by atoms with Crippen LogP contribution in [0.3, 0.4) is 0 Å². The van der Waals surface area contributed by atoms with Gasteiger partial charge in [0.05, 0.1) is 5.94 Å². The molecule has 2 amide bonds. The van der Waals surface area contributed by atoms with Crippen LogP contribution in [0.2, 0.25) is 0 Å². The van der Waals surface area contributed by atoms with E-state index in [9.17, 15) is 19.6 Å². The van der Waals surface area contributed by atoms with Gasteiger partial charge < -0.3 is 20.3 Å². The number of nitrogens with one attached hydrogen (secondary N) is 1. The van der Waals surface area contributed by atoms with Crippen LogP contribution in [-0.2, 0) is 4.79 Å². The van der Waals surface area contributed by atoms with Crippen molar-refractivity contribution in [2.75, 3.05) is 6.54 Å². The van der Waals surface area contributed by atoms with Gasteiger partial charge in [-0.2, -0.15) is 0 Å². The minimum Gasteiger partial charge on any atom is -0.426 e. The van der Waals surface area contributed by atoms with E-state index in [4.69, 9.17) is 0 Å². The lowest BCUT2D eigenvalue weighted by atomic mass is 9.78. The van der Waals surface area contributed by atoms with E-state index in [0.717, 1.165) is 22.8 Å². The number of amides is 2. The Balaban J connectivity index is 1.78. The molecule has 7 heteroatoms. The summed E-state index contributed by atoms with van der Waals surface area (Å²) in [5.41, 5.74) is 1.57. The van der Waals surface area contributed by atoms with E-state index in [1.165, 1.54) is 4.90 Å². The summed E-state index contributed by atoms with van der Waals surface area (Å²) in [5, 5.41) is 23.4. The van der Waals surface area contributed by atoms with Gasteiger partial charge in [-0.25, -0.2) is 0 Å². The molecule has 3 N–H and O–H groups in total. The summed E-state index contributed by atoms with van der Waals surface area (Å²) >= 11 is 0. The first-order valence-corrected chi connectivity index (χ1v) is 8.85. The molecule has 3 rings (SSSR count). The van der Waals surface area contributed by atoms with Crippen molar-refractivity contribution in [2.45, 2.75) is 38.7 Å². The van der Waals surface area contributed by atoms with E-state index in [1.54, 1.807) is 13.0 Å². The maximum atomic E-state index is 12.7. The summed E-state index contributed by atoms with van der Waals surface area (Å²) in [5.74, 6) is -1.23. The lowest BCUT2D eigenvalue weighted by molar-refractivity contribution is -0.132. The van der Waals surface area contributed by atoms with Crippen LogP contribution in [0.15, 0.2) is 36.4 Å². The molecule has 1 heterocycles. The second kappa shape index (κ2) is 7.47. The summed E-state index contributed by atoms with van der Waals surface area (Å²) in [6.07, 6.45) is 1.27. The Kier molecular flexibility index (Phi) is 5.29. The summed E-state index contributed by atoms with van der Waals surface area (Å²) in [7, 11) is -1.56. The van der Waals surface area contributed by atoms with Crippen LogP contribution in [-0.4, -0.2) is 52.4 Å². The lowest BCUT2D eigenvalue weighted by Crippen LogP contribution is -2.52. The number of fused-ring (bicyclic) bond motifs is 1. The van der Waals surface area contributed by atoms with Crippen molar-refractivity contribution in [3.8, 4) is 0 Å². The number of nitrogens with zero attached hydrogens (tertiary/aromatic N) is 1. The predicted octanol–water partition coefficient (Wildman–Crippen LogP) is 1.27. The van der Waals surface area contributed by atoms with Gasteiger partial charge in [0.25, 0.3) is 5.91 Å². The van der Waals surface area contributed by atoms with Crippen LogP contribution >= 0.6 is 0 Å². The maximum absolute atomic E-state index is 12.7. The number of carbonyl (C=O) groups excluding carboxylic acids is 2. The zero-order chi connectivity index (χ0) is 18.8. The number of carbonyl (C=O) groups is 2. The third-order valence-corrected chi connectivity index (χ3v) is 4.93. The van der Waals surface area contributed by atoms with Gasteiger partial charge in [-0.1, -0.05) is 35.9 Å². The zero-order valence-corrected chi connectivity index (χ0v) is 15.0. The van der Waals surface area contributed by atoms with Gasteiger partial charge in [-0.05, 0) is 43.5 Å². The molecule has 2 atom stereocenters. The summed E-state index contributed by atoms with van der Waals surface area (Å²) in [6, 6.07) is 10.7. The second-order valence-corrected chi connectivity index (χ2v) is 6.88. The second-order valence-electron chi connectivity index (χ2n) is 6.88. The molecule has 1 fully saturated rings. The highest BCUT2D eigenvalue weighted by Gasteiger charge is 2.38. The quantitative estimate of drug-likeness (QED) is 0.722. The SMILES string of the molecule is Cc1ccc2cccc(C(=O)NC(C)C(=O)N3CCCC3B(O)O)c2c1. The third-order valence-electron chi connectivity index (χ3n) is 4.93. The third kappa shape index (κ3) is 3.59. The number of rotatable bonds is 4. The van der Waals surface area contributed by atoms with Gasteiger partial charge in [0, 0.05) is 12.1 Å². The number of aryl methyl sites for hydroxylation is 1. The Hall–Kier alpha value is -2.38. The number of likely N-dealkylation sites (tertiary alicyclic amines) is 1. The van der Waals surface area contributed by atoms with E-state index in [2.05, 4.69) is 5.32 Å². The summed E-state index contributed by atoms with van der Waals surface area (Å²) in [6.45, 7) is 4.05.